The van der Waals surface area contributed by atoms with Crippen LogP contribution in [0.1, 0.15) is 25.3 Å². The van der Waals surface area contributed by atoms with Gasteiger partial charge in [0.2, 0.25) is 11.8 Å². The number of nitrogens with one attached hydrogen (secondary N) is 1. The highest BCUT2D eigenvalue weighted by Gasteiger charge is 2.16. The lowest BCUT2D eigenvalue weighted by molar-refractivity contribution is -0.130. The first-order valence-corrected chi connectivity index (χ1v) is 8.12. The maximum Gasteiger partial charge on any atom is 0.246 e. The summed E-state index contributed by atoms with van der Waals surface area (Å²) in [7, 11) is 0. The summed E-state index contributed by atoms with van der Waals surface area (Å²) in [5.41, 5.74) is 3.15. The van der Waals surface area contributed by atoms with Crippen LogP contribution < -0.4 is 10.2 Å². The minimum atomic E-state index is -0.232. The molecule has 0 saturated carbocycles. The fraction of sp³-hybridized carbons (Fsp3) is 0.444. The molecule has 0 aliphatic carbocycles. The Bertz CT molecular complexity index is 592. The largest absolute Gasteiger partial charge is 0.371 e. The smallest absolute Gasteiger partial charge is 0.246 e. The van der Waals surface area contributed by atoms with Gasteiger partial charge in [-0.3, -0.25) is 9.59 Å². The number of amides is 2. The Morgan fingerprint density at radius 3 is 2.65 bits per heavy atom. The Labute approximate surface area is 138 Å². The van der Waals surface area contributed by atoms with Crippen LogP contribution >= 0.6 is 0 Å². The zero-order valence-corrected chi connectivity index (χ0v) is 14.0. The van der Waals surface area contributed by atoms with Crippen LogP contribution in [-0.2, 0) is 9.59 Å². The summed E-state index contributed by atoms with van der Waals surface area (Å²) in [5.74, 6) is -0.428. The predicted molar refractivity (Wildman–Crippen MR) is 93.7 cm³/mol. The van der Waals surface area contributed by atoms with Crippen LogP contribution in [0.15, 0.2) is 30.9 Å². The highest BCUT2D eigenvalue weighted by atomic mass is 16.2. The zero-order valence-electron chi connectivity index (χ0n) is 14.0. The van der Waals surface area contributed by atoms with Crippen molar-refractivity contribution in [2.24, 2.45) is 0 Å². The molecule has 5 heteroatoms. The number of hydrogen-bond donors (Lipinski definition) is 1. The first kappa shape index (κ1) is 17.1. The molecule has 2 amide bonds. The molecule has 1 aromatic carbocycles. The van der Waals surface area contributed by atoms with Crippen LogP contribution in [0.25, 0.3) is 0 Å². The van der Waals surface area contributed by atoms with Crippen molar-refractivity contribution in [3.05, 3.63) is 36.4 Å². The quantitative estimate of drug-likeness (QED) is 0.821. The van der Waals surface area contributed by atoms with Crippen LogP contribution in [0.4, 0.5) is 11.4 Å². The van der Waals surface area contributed by atoms with Gasteiger partial charge in [0.15, 0.2) is 0 Å². The molecule has 0 radical (unpaired) electrons. The van der Waals surface area contributed by atoms with Crippen molar-refractivity contribution >= 4 is 23.2 Å². The molecule has 0 aromatic heterocycles. The molecule has 1 aromatic rings. The van der Waals surface area contributed by atoms with Crippen LogP contribution in [0, 0.1) is 6.92 Å². The summed E-state index contributed by atoms with van der Waals surface area (Å²) < 4.78 is 0. The second-order valence-electron chi connectivity index (χ2n) is 5.80. The van der Waals surface area contributed by atoms with Gasteiger partial charge >= 0.3 is 0 Å². The standard InChI is InChI=1S/C18H25N3O2/c1-4-18(23)20(5-2)13-17(22)19-15-9-8-14(3)16(12-15)21-10-6-7-11-21/h4,8-9,12H,1,5-7,10-11,13H2,2-3H3,(H,19,22). The van der Waals surface area contributed by atoms with Crippen LogP contribution in [-0.4, -0.2) is 42.9 Å². The lowest BCUT2D eigenvalue weighted by atomic mass is 10.1. The number of likely N-dealkylation sites (N-methyl/N-ethyl adjacent to an activating group) is 1. The summed E-state index contributed by atoms with van der Waals surface area (Å²) >= 11 is 0. The van der Waals surface area contributed by atoms with E-state index in [1.54, 1.807) is 0 Å². The number of benzene rings is 1. The van der Waals surface area contributed by atoms with E-state index in [1.807, 2.05) is 25.1 Å². The third-order valence-electron chi connectivity index (χ3n) is 4.14. The lowest BCUT2D eigenvalue weighted by Crippen LogP contribution is -2.36. The third kappa shape index (κ3) is 4.34. The summed E-state index contributed by atoms with van der Waals surface area (Å²) in [6, 6.07) is 5.94. The minimum absolute atomic E-state index is 0.0360. The predicted octanol–water partition coefficient (Wildman–Crippen LogP) is 2.57. The normalized spacial score (nSPS) is 13.7. The van der Waals surface area contributed by atoms with Gasteiger partial charge in [0, 0.05) is 31.0 Å². The maximum atomic E-state index is 12.2. The average molecular weight is 315 g/mol. The number of rotatable bonds is 6. The Balaban J connectivity index is 2.04. The molecule has 0 atom stereocenters. The van der Waals surface area contributed by atoms with E-state index in [4.69, 9.17) is 0 Å². The van der Waals surface area contributed by atoms with Gasteiger partial charge in [-0.15, -0.1) is 0 Å². The van der Waals surface area contributed by atoms with E-state index in [-0.39, 0.29) is 18.4 Å². The Kier molecular flexibility index (Phi) is 5.79. The Hall–Kier alpha value is -2.30. The fourth-order valence-electron chi connectivity index (χ4n) is 2.83. The summed E-state index contributed by atoms with van der Waals surface area (Å²) in [5, 5.41) is 2.88. The van der Waals surface area contributed by atoms with E-state index >= 15 is 0 Å². The maximum absolute atomic E-state index is 12.2. The molecule has 23 heavy (non-hydrogen) atoms. The molecule has 0 bridgehead atoms. The molecule has 1 heterocycles. The van der Waals surface area contributed by atoms with Gasteiger partial charge in [0.25, 0.3) is 0 Å². The van der Waals surface area contributed by atoms with Crippen molar-refractivity contribution in [2.45, 2.75) is 26.7 Å². The van der Waals surface area contributed by atoms with Gasteiger partial charge in [-0.05, 0) is 50.5 Å². The molecule has 2 rings (SSSR count). The topological polar surface area (TPSA) is 52.7 Å². The first-order chi connectivity index (χ1) is 11.0. The second-order valence-corrected chi connectivity index (χ2v) is 5.80. The van der Waals surface area contributed by atoms with Gasteiger partial charge in [-0.1, -0.05) is 12.6 Å². The van der Waals surface area contributed by atoms with Crippen LogP contribution in [0.2, 0.25) is 0 Å². The van der Waals surface area contributed by atoms with Crippen molar-refractivity contribution < 1.29 is 9.59 Å². The molecular weight excluding hydrogens is 290 g/mol. The van der Waals surface area contributed by atoms with E-state index < -0.39 is 0 Å². The molecular formula is C18H25N3O2. The van der Waals surface area contributed by atoms with Gasteiger partial charge in [0.05, 0.1) is 0 Å². The molecule has 1 aliphatic heterocycles. The second kappa shape index (κ2) is 7.81. The van der Waals surface area contributed by atoms with Gasteiger partial charge in [-0.2, -0.15) is 0 Å². The summed E-state index contributed by atoms with van der Waals surface area (Å²) in [4.78, 5) is 27.6. The molecule has 1 fully saturated rings. The van der Waals surface area contributed by atoms with Crippen molar-refractivity contribution in [2.75, 3.05) is 36.4 Å². The van der Waals surface area contributed by atoms with Gasteiger partial charge in [0.1, 0.15) is 6.54 Å². The highest BCUT2D eigenvalue weighted by Crippen LogP contribution is 2.27. The summed E-state index contributed by atoms with van der Waals surface area (Å²) in [6.45, 7) is 10.0. The van der Waals surface area contributed by atoms with Crippen molar-refractivity contribution in [1.29, 1.82) is 0 Å². The zero-order chi connectivity index (χ0) is 16.8. The summed E-state index contributed by atoms with van der Waals surface area (Å²) in [6.07, 6.45) is 3.66. The van der Waals surface area contributed by atoms with Crippen LogP contribution in [0.5, 0.6) is 0 Å². The average Bonchev–Trinajstić information content (AvgIpc) is 3.08. The number of hydrogen-bond acceptors (Lipinski definition) is 3. The molecule has 124 valence electrons. The Morgan fingerprint density at radius 2 is 2.04 bits per heavy atom. The van der Waals surface area contributed by atoms with E-state index in [0.717, 1.165) is 18.8 Å². The monoisotopic (exact) mass is 315 g/mol. The molecule has 0 spiro atoms. The van der Waals surface area contributed by atoms with E-state index in [0.29, 0.717) is 6.54 Å². The number of carbonyl (C=O) groups is 2. The minimum Gasteiger partial charge on any atom is -0.371 e. The molecule has 1 N–H and O–H groups in total. The van der Waals surface area contributed by atoms with E-state index in [1.165, 1.54) is 35.1 Å². The number of carbonyl (C=O) groups excluding carboxylic acids is 2. The molecule has 1 saturated heterocycles. The van der Waals surface area contributed by atoms with Crippen molar-refractivity contribution in [3.63, 3.8) is 0 Å². The lowest BCUT2D eigenvalue weighted by Gasteiger charge is -2.22. The number of anilines is 2. The fourth-order valence-corrected chi connectivity index (χ4v) is 2.83. The van der Waals surface area contributed by atoms with Gasteiger partial charge < -0.3 is 15.1 Å². The number of nitrogens with zero attached hydrogens (tertiary/aromatic N) is 2. The first-order valence-electron chi connectivity index (χ1n) is 8.12. The number of aryl methyl sites for hydroxylation is 1. The van der Waals surface area contributed by atoms with E-state index in [9.17, 15) is 9.59 Å². The van der Waals surface area contributed by atoms with Crippen LogP contribution in [0.3, 0.4) is 0 Å². The SMILES string of the molecule is C=CC(=O)N(CC)CC(=O)Nc1ccc(C)c(N2CCCC2)c1. The van der Waals surface area contributed by atoms with Gasteiger partial charge in [-0.25, -0.2) is 0 Å². The molecule has 5 nitrogen and oxygen atoms in total. The third-order valence-corrected chi connectivity index (χ3v) is 4.14. The molecule has 0 unspecified atom stereocenters. The Morgan fingerprint density at radius 1 is 1.35 bits per heavy atom. The highest BCUT2D eigenvalue weighted by molar-refractivity contribution is 5.96. The van der Waals surface area contributed by atoms with E-state index in [2.05, 4.69) is 23.7 Å². The van der Waals surface area contributed by atoms with Crippen molar-refractivity contribution in [1.82, 2.24) is 4.90 Å². The van der Waals surface area contributed by atoms with Crippen molar-refractivity contribution in [3.8, 4) is 0 Å². The molecule has 1 aliphatic rings.